The summed E-state index contributed by atoms with van der Waals surface area (Å²) in [6, 6.07) is 6.83. The second-order valence-electron chi connectivity index (χ2n) is 5.85. The van der Waals surface area contributed by atoms with E-state index in [2.05, 4.69) is 5.32 Å². The normalized spacial score (nSPS) is 13.7. The number of benzene rings is 1. The van der Waals surface area contributed by atoms with Crippen LogP contribution >= 0.6 is 34.5 Å². The summed E-state index contributed by atoms with van der Waals surface area (Å²) in [5, 5.41) is 3.19. The zero-order chi connectivity index (χ0) is 17.8. The van der Waals surface area contributed by atoms with Crippen LogP contribution in [0.1, 0.15) is 39.4 Å². The number of anilines is 1. The van der Waals surface area contributed by atoms with Gasteiger partial charge in [-0.2, -0.15) is 0 Å². The van der Waals surface area contributed by atoms with E-state index in [1.54, 1.807) is 18.2 Å². The zero-order valence-corrected chi connectivity index (χ0v) is 15.8. The molecular formula is C18H17Cl2NO3S. The summed E-state index contributed by atoms with van der Waals surface area (Å²) in [4.78, 5) is 26.0. The van der Waals surface area contributed by atoms with Crippen LogP contribution in [0.5, 0.6) is 0 Å². The van der Waals surface area contributed by atoms with E-state index < -0.39 is 11.9 Å². The van der Waals surface area contributed by atoms with Crippen LogP contribution in [-0.4, -0.2) is 18.5 Å². The summed E-state index contributed by atoms with van der Waals surface area (Å²) >= 11 is 13.4. The lowest BCUT2D eigenvalue weighted by molar-refractivity contribution is -0.119. The second kappa shape index (κ2) is 8.21. The third-order valence-electron chi connectivity index (χ3n) is 4.01. The highest BCUT2D eigenvalue weighted by Crippen LogP contribution is 2.30. The van der Waals surface area contributed by atoms with E-state index in [4.69, 9.17) is 27.9 Å². The Morgan fingerprint density at radius 1 is 1.16 bits per heavy atom. The van der Waals surface area contributed by atoms with Gasteiger partial charge in [-0.3, -0.25) is 4.79 Å². The average Bonchev–Trinajstić information content (AvgIpc) is 2.88. The second-order valence-corrected chi connectivity index (χ2v) is 7.77. The van der Waals surface area contributed by atoms with Crippen LogP contribution in [-0.2, 0) is 22.4 Å². The van der Waals surface area contributed by atoms with Crippen LogP contribution < -0.4 is 5.32 Å². The molecule has 1 N–H and O–H groups in total. The molecule has 0 bridgehead atoms. The lowest BCUT2D eigenvalue weighted by atomic mass is 10.1. The number of aryl methyl sites for hydroxylation is 2. The quantitative estimate of drug-likeness (QED) is 0.575. The predicted molar refractivity (Wildman–Crippen MR) is 101 cm³/mol. The molecule has 0 fully saturated rings. The maximum atomic E-state index is 12.2. The molecule has 1 aromatic heterocycles. The van der Waals surface area contributed by atoms with Crippen molar-refractivity contribution in [1.29, 1.82) is 0 Å². The van der Waals surface area contributed by atoms with Crippen LogP contribution in [0.4, 0.5) is 5.69 Å². The number of amides is 1. The van der Waals surface area contributed by atoms with Gasteiger partial charge in [0.15, 0.2) is 6.61 Å². The Morgan fingerprint density at radius 2 is 1.96 bits per heavy atom. The standard InChI is InChI=1S/C18H17Cl2NO3S/c19-12-6-4-7-13(17(12)20)21-16(22)10-24-18(23)15-9-11-5-2-1-3-8-14(11)25-15/h4,6-7,9H,1-3,5,8,10H2,(H,21,22). The van der Waals surface area contributed by atoms with Crippen molar-refractivity contribution in [3.8, 4) is 0 Å². The van der Waals surface area contributed by atoms with E-state index in [0.717, 1.165) is 25.7 Å². The van der Waals surface area contributed by atoms with Gasteiger partial charge in [0.1, 0.15) is 4.88 Å². The number of nitrogens with one attached hydrogen (secondary N) is 1. The molecule has 0 radical (unpaired) electrons. The molecule has 2 aromatic rings. The molecule has 1 aromatic carbocycles. The maximum absolute atomic E-state index is 12.2. The third kappa shape index (κ3) is 4.54. The molecule has 3 rings (SSSR count). The molecule has 0 saturated carbocycles. The van der Waals surface area contributed by atoms with Crippen LogP contribution in [0.15, 0.2) is 24.3 Å². The largest absolute Gasteiger partial charge is 0.451 e. The van der Waals surface area contributed by atoms with Crippen molar-refractivity contribution in [2.45, 2.75) is 32.1 Å². The highest BCUT2D eigenvalue weighted by atomic mass is 35.5. The molecule has 0 saturated heterocycles. The number of fused-ring (bicyclic) bond motifs is 1. The first kappa shape index (κ1) is 18.2. The Labute approximate surface area is 160 Å². The SMILES string of the molecule is O=C(COC(=O)c1cc2c(s1)CCCCC2)Nc1cccc(Cl)c1Cl. The molecule has 132 valence electrons. The monoisotopic (exact) mass is 397 g/mol. The minimum atomic E-state index is -0.467. The van der Waals surface area contributed by atoms with Gasteiger partial charge in [-0.1, -0.05) is 35.7 Å². The first-order valence-corrected chi connectivity index (χ1v) is 9.64. The minimum Gasteiger partial charge on any atom is -0.451 e. The molecule has 7 heteroatoms. The topological polar surface area (TPSA) is 55.4 Å². The fraction of sp³-hybridized carbons (Fsp3) is 0.333. The number of hydrogen-bond donors (Lipinski definition) is 1. The van der Waals surface area contributed by atoms with Crippen molar-refractivity contribution in [2.24, 2.45) is 0 Å². The summed E-state index contributed by atoms with van der Waals surface area (Å²) in [6.45, 7) is -0.371. The van der Waals surface area contributed by atoms with Gasteiger partial charge >= 0.3 is 5.97 Å². The van der Waals surface area contributed by atoms with Gasteiger partial charge in [0.2, 0.25) is 0 Å². The number of thiophene rings is 1. The molecular weight excluding hydrogens is 381 g/mol. The van der Waals surface area contributed by atoms with Gasteiger partial charge in [-0.05, 0) is 49.4 Å². The van der Waals surface area contributed by atoms with E-state index in [1.807, 2.05) is 6.07 Å². The number of hydrogen-bond acceptors (Lipinski definition) is 4. The number of rotatable bonds is 4. The summed E-state index contributed by atoms with van der Waals surface area (Å²) in [5.41, 5.74) is 1.63. The van der Waals surface area contributed by atoms with Crippen molar-refractivity contribution in [2.75, 3.05) is 11.9 Å². The number of esters is 1. The van der Waals surface area contributed by atoms with Crippen LogP contribution in [0, 0.1) is 0 Å². The van der Waals surface area contributed by atoms with Gasteiger partial charge in [0.05, 0.1) is 15.7 Å². The molecule has 1 amide bonds. The Kier molecular flexibility index (Phi) is 5.99. The van der Waals surface area contributed by atoms with Crippen molar-refractivity contribution in [3.63, 3.8) is 0 Å². The summed E-state index contributed by atoms with van der Waals surface area (Å²) in [6.07, 6.45) is 5.56. The summed E-state index contributed by atoms with van der Waals surface area (Å²) in [5.74, 6) is -0.930. The van der Waals surface area contributed by atoms with E-state index >= 15 is 0 Å². The molecule has 0 atom stereocenters. The van der Waals surface area contributed by atoms with Crippen molar-refractivity contribution < 1.29 is 14.3 Å². The highest BCUT2D eigenvalue weighted by Gasteiger charge is 2.18. The van der Waals surface area contributed by atoms with Gasteiger partial charge in [0, 0.05) is 4.88 Å². The number of ether oxygens (including phenoxy) is 1. The molecule has 1 aliphatic rings. The van der Waals surface area contributed by atoms with Gasteiger partial charge < -0.3 is 10.1 Å². The molecule has 0 aliphatic heterocycles. The average molecular weight is 398 g/mol. The van der Waals surface area contributed by atoms with Crippen molar-refractivity contribution >= 4 is 52.1 Å². The first-order chi connectivity index (χ1) is 12.0. The maximum Gasteiger partial charge on any atom is 0.348 e. The van der Waals surface area contributed by atoms with Crippen LogP contribution in [0.25, 0.3) is 0 Å². The van der Waals surface area contributed by atoms with Gasteiger partial charge in [-0.15, -0.1) is 11.3 Å². The molecule has 0 unspecified atom stereocenters. The lowest BCUT2D eigenvalue weighted by Gasteiger charge is -2.08. The Morgan fingerprint density at radius 3 is 2.80 bits per heavy atom. The molecule has 25 heavy (non-hydrogen) atoms. The zero-order valence-electron chi connectivity index (χ0n) is 13.4. The predicted octanol–water partition coefficient (Wildman–Crippen LogP) is 5.12. The summed E-state index contributed by atoms with van der Waals surface area (Å²) < 4.78 is 5.12. The molecule has 1 heterocycles. The minimum absolute atomic E-state index is 0.255. The summed E-state index contributed by atoms with van der Waals surface area (Å²) in [7, 11) is 0. The van der Waals surface area contributed by atoms with Gasteiger partial charge in [-0.25, -0.2) is 4.79 Å². The van der Waals surface area contributed by atoms with E-state index in [0.29, 0.717) is 15.6 Å². The van der Waals surface area contributed by atoms with E-state index in [1.165, 1.54) is 28.2 Å². The van der Waals surface area contributed by atoms with Crippen molar-refractivity contribution in [3.05, 3.63) is 49.6 Å². The van der Waals surface area contributed by atoms with Crippen LogP contribution in [0.3, 0.4) is 0 Å². The number of carbonyl (C=O) groups is 2. The Hall–Kier alpha value is -1.56. The number of halogens is 2. The molecule has 0 spiro atoms. The fourth-order valence-corrected chi connectivity index (χ4v) is 4.25. The fourth-order valence-electron chi connectivity index (χ4n) is 2.76. The third-order valence-corrected chi connectivity index (χ3v) is 6.04. The van der Waals surface area contributed by atoms with Crippen LogP contribution in [0.2, 0.25) is 10.0 Å². The molecule has 4 nitrogen and oxygen atoms in total. The molecule has 1 aliphatic carbocycles. The van der Waals surface area contributed by atoms with E-state index in [9.17, 15) is 9.59 Å². The van der Waals surface area contributed by atoms with E-state index in [-0.39, 0.29) is 11.6 Å². The Balaban J connectivity index is 1.57. The lowest BCUT2D eigenvalue weighted by Crippen LogP contribution is -2.20. The smallest absolute Gasteiger partial charge is 0.348 e. The Bertz CT molecular complexity index is 780. The first-order valence-electron chi connectivity index (χ1n) is 8.07. The van der Waals surface area contributed by atoms with Gasteiger partial charge in [0.25, 0.3) is 5.91 Å². The number of carbonyl (C=O) groups excluding carboxylic acids is 2. The highest BCUT2D eigenvalue weighted by molar-refractivity contribution is 7.14. The van der Waals surface area contributed by atoms with Crippen molar-refractivity contribution in [1.82, 2.24) is 0 Å².